The summed E-state index contributed by atoms with van der Waals surface area (Å²) in [6, 6.07) is 47.9. The Morgan fingerprint density at radius 3 is 1.54 bits per heavy atom. The number of ether oxygens (including phenoxy) is 1. The average Bonchev–Trinajstić information content (AvgIpc) is 3.03. The first-order valence-electron chi connectivity index (χ1n) is 13.2. The molecule has 0 heterocycles. The van der Waals surface area contributed by atoms with E-state index in [4.69, 9.17) is 4.74 Å². The van der Waals surface area contributed by atoms with Gasteiger partial charge in [0.1, 0.15) is 0 Å². The molecular weight excluding hydrogens is 499 g/mol. The number of carbonyl (C=O) groups excluding carboxylic acids is 1. The molecule has 0 saturated heterocycles. The fraction of sp³-hybridized carbons (Fsp3) is 0.114. The predicted molar refractivity (Wildman–Crippen MR) is 159 cm³/mol. The molecule has 39 heavy (non-hydrogen) atoms. The van der Waals surface area contributed by atoms with Crippen molar-refractivity contribution >= 4 is 23.5 Å². The summed E-state index contributed by atoms with van der Waals surface area (Å²) < 4.78 is 22.0. The van der Waals surface area contributed by atoms with Crippen LogP contribution in [0, 0.1) is 0 Å². The summed E-state index contributed by atoms with van der Waals surface area (Å²) in [5.74, 6) is -0.143. The molecule has 0 spiro atoms. The van der Waals surface area contributed by atoms with Crippen LogP contribution in [-0.4, -0.2) is 11.4 Å². The van der Waals surface area contributed by atoms with Crippen molar-refractivity contribution in [1.82, 2.24) is 0 Å². The van der Waals surface area contributed by atoms with E-state index in [0.717, 1.165) is 11.1 Å². The number of hydrogen-bond acceptors (Lipinski definition) is 3. The van der Waals surface area contributed by atoms with Crippen LogP contribution >= 0.6 is 7.14 Å². The minimum Gasteiger partial charge on any atom is -0.369 e. The van der Waals surface area contributed by atoms with Gasteiger partial charge in [-0.05, 0) is 17.5 Å². The van der Waals surface area contributed by atoms with E-state index in [1.54, 1.807) is 12.1 Å². The van der Waals surface area contributed by atoms with Crippen molar-refractivity contribution in [1.29, 1.82) is 0 Å². The van der Waals surface area contributed by atoms with Crippen molar-refractivity contribution in [2.45, 2.75) is 24.8 Å². The van der Waals surface area contributed by atoms with Gasteiger partial charge in [-0.1, -0.05) is 152 Å². The van der Waals surface area contributed by atoms with Crippen LogP contribution in [-0.2, 0) is 15.9 Å². The summed E-state index contributed by atoms with van der Waals surface area (Å²) in [5.41, 5.74) is 1.71. The summed E-state index contributed by atoms with van der Waals surface area (Å²) in [6.07, 6.45) is -0.170. The van der Waals surface area contributed by atoms with Gasteiger partial charge in [0, 0.05) is 16.2 Å². The van der Waals surface area contributed by atoms with E-state index in [2.05, 4.69) is 0 Å². The van der Waals surface area contributed by atoms with E-state index in [0.29, 0.717) is 22.8 Å². The lowest BCUT2D eigenvalue weighted by molar-refractivity contribution is 0.0327. The molecule has 5 aromatic carbocycles. The molecule has 0 aliphatic carbocycles. The zero-order valence-corrected chi connectivity index (χ0v) is 22.6. The van der Waals surface area contributed by atoms with Crippen LogP contribution in [0.2, 0.25) is 0 Å². The number of rotatable bonds is 11. The first-order valence-corrected chi connectivity index (χ1v) is 14.9. The van der Waals surface area contributed by atoms with Gasteiger partial charge in [-0.25, -0.2) is 0 Å². The molecule has 0 saturated carbocycles. The van der Waals surface area contributed by atoms with Crippen LogP contribution in [0.25, 0.3) is 0 Å². The largest absolute Gasteiger partial charge is 0.369 e. The van der Waals surface area contributed by atoms with Gasteiger partial charge in [-0.15, -0.1) is 0 Å². The van der Waals surface area contributed by atoms with E-state index < -0.39 is 18.9 Å². The van der Waals surface area contributed by atoms with Gasteiger partial charge in [-0.2, -0.15) is 0 Å². The number of ketones is 1. The highest BCUT2D eigenvalue weighted by Crippen LogP contribution is 2.53. The predicted octanol–water partition coefficient (Wildman–Crippen LogP) is 7.60. The lowest BCUT2D eigenvalue weighted by Gasteiger charge is -2.31. The van der Waals surface area contributed by atoms with Gasteiger partial charge in [-0.3, -0.25) is 4.79 Å². The third kappa shape index (κ3) is 6.17. The Kier molecular flexibility index (Phi) is 8.63. The summed E-state index contributed by atoms with van der Waals surface area (Å²) in [7, 11) is -3.46. The van der Waals surface area contributed by atoms with Gasteiger partial charge in [0.2, 0.25) is 0 Å². The van der Waals surface area contributed by atoms with E-state index in [-0.39, 0.29) is 12.2 Å². The van der Waals surface area contributed by atoms with E-state index in [1.165, 1.54) is 0 Å². The summed E-state index contributed by atoms with van der Waals surface area (Å²) in [4.78, 5) is 14.4. The van der Waals surface area contributed by atoms with E-state index in [9.17, 15) is 4.79 Å². The third-order valence-electron chi connectivity index (χ3n) is 6.98. The molecule has 5 rings (SSSR count). The molecule has 5 aromatic rings. The second kappa shape index (κ2) is 12.7. The third-order valence-corrected chi connectivity index (χ3v) is 10.4. The Morgan fingerprint density at radius 2 is 1.03 bits per heavy atom. The minimum atomic E-state index is -3.46. The van der Waals surface area contributed by atoms with Gasteiger partial charge in [0.15, 0.2) is 12.9 Å². The van der Waals surface area contributed by atoms with Crippen molar-refractivity contribution < 1.29 is 14.1 Å². The molecule has 0 amide bonds. The second-order valence-corrected chi connectivity index (χ2v) is 12.5. The maximum atomic E-state index is 15.5. The zero-order valence-electron chi connectivity index (χ0n) is 21.7. The fourth-order valence-electron chi connectivity index (χ4n) is 4.97. The van der Waals surface area contributed by atoms with Gasteiger partial charge < -0.3 is 9.30 Å². The summed E-state index contributed by atoms with van der Waals surface area (Å²) in [6.45, 7) is 0.383. The highest BCUT2D eigenvalue weighted by Gasteiger charge is 2.43. The average molecular weight is 531 g/mol. The Bertz CT molecular complexity index is 1460. The van der Waals surface area contributed by atoms with E-state index >= 15 is 4.57 Å². The zero-order chi connectivity index (χ0) is 26.9. The molecule has 0 aromatic heterocycles. The van der Waals surface area contributed by atoms with Gasteiger partial charge >= 0.3 is 0 Å². The van der Waals surface area contributed by atoms with Gasteiger partial charge in [0.05, 0.1) is 18.4 Å². The molecule has 2 atom stereocenters. The molecule has 0 radical (unpaired) electrons. The maximum Gasteiger partial charge on any atom is 0.174 e. The van der Waals surface area contributed by atoms with Crippen molar-refractivity contribution in [2.75, 3.05) is 0 Å². The molecule has 0 aliphatic rings. The smallest absolute Gasteiger partial charge is 0.174 e. The van der Waals surface area contributed by atoms with Crippen molar-refractivity contribution in [2.24, 2.45) is 0 Å². The maximum absolute atomic E-state index is 15.5. The van der Waals surface area contributed by atoms with Crippen LogP contribution in [0.1, 0.15) is 34.0 Å². The molecule has 0 bridgehead atoms. The standard InChI is InChI=1S/C35H31O3P/c36-35(30-20-10-3-11-21-30)34(39(37,31-22-12-4-13-23-31)32-24-14-5-15-25-32)26-33(29-18-8-2-9-19-29)38-27-28-16-6-1-7-17-28/h1-25,33-34H,26-27H2/t33-,34+/m0/s1. The number of Topliss-reactive ketones (excluding diaryl/α,β-unsaturated/α-hetero) is 1. The topological polar surface area (TPSA) is 43.4 Å². The Hall–Kier alpha value is -4.04. The number of hydrogen-bond donors (Lipinski definition) is 0. The van der Waals surface area contributed by atoms with Crippen LogP contribution in [0.5, 0.6) is 0 Å². The van der Waals surface area contributed by atoms with Crippen LogP contribution in [0.3, 0.4) is 0 Å². The van der Waals surface area contributed by atoms with Crippen LogP contribution < -0.4 is 10.6 Å². The van der Waals surface area contributed by atoms with Gasteiger partial charge in [0.25, 0.3) is 0 Å². The lowest BCUT2D eigenvalue weighted by Crippen LogP contribution is -2.33. The van der Waals surface area contributed by atoms with Crippen molar-refractivity contribution in [3.8, 4) is 0 Å². The highest BCUT2D eigenvalue weighted by atomic mass is 31.2. The molecule has 194 valence electrons. The van der Waals surface area contributed by atoms with E-state index in [1.807, 2.05) is 140 Å². The molecule has 0 N–H and O–H groups in total. The molecule has 0 fully saturated rings. The molecule has 4 heteroatoms. The summed E-state index contributed by atoms with van der Waals surface area (Å²) >= 11 is 0. The monoisotopic (exact) mass is 530 g/mol. The normalized spacial score (nSPS) is 12.9. The first-order chi connectivity index (χ1) is 19.2. The van der Waals surface area contributed by atoms with Crippen LogP contribution in [0.4, 0.5) is 0 Å². The van der Waals surface area contributed by atoms with Crippen molar-refractivity contribution in [3.63, 3.8) is 0 Å². The Balaban J connectivity index is 1.63. The number of benzene rings is 5. The highest BCUT2D eigenvalue weighted by molar-refractivity contribution is 7.80. The lowest BCUT2D eigenvalue weighted by atomic mass is 9.99. The Labute approximate surface area is 230 Å². The first kappa shape index (κ1) is 26.6. The fourth-order valence-corrected chi connectivity index (χ4v) is 8.18. The minimum absolute atomic E-state index is 0.143. The van der Waals surface area contributed by atoms with Crippen molar-refractivity contribution in [3.05, 3.63) is 168 Å². The number of carbonyl (C=O) groups is 1. The molecular formula is C35H31O3P. The molecule has 3 nitrogen and oxygen atoms in total. The second-order valence-electron chi connectivity index (χ2n) is 9.51. The Morgan fingerprint density at radius 1 is 0.590 bits per heavy atom. The SMILES string of the molecule is O=C(c1ccccc1)[C@@H](C[C@H](OCc1ccccc1)c1ccccc1)P(=O)(c1ccccc1)c1ccccc1. The summed E-state index contributed by atoms with van der Waals surface area (Å²) in [5, 5.41) is 1.33. The molecule has 0 unspecified atom stereocenters. The quantitative estimate of drug-likeness (QED) is 0.130. The van der Waals surface area contributed by atoms with Crippen LogP contribution in [0.15, 0.2) is 152 Å². The molecule has 0 aliphatic heterocycles.